The number of aromatic nitrogens is 1. The van der Waals surface area contributed by atoms with Gasteiger partial charge in [0.05, 0.1) is 0 Å². The molecule has 0 fully saturated rings. The average Bonchev–Trinajstić information content (AvgIpc) is 3.71. The molecule has 1 atom stereocenters. The molecule has 0 spiro atoms. The molecule has 0 saturated heterocycles. The molecule has 3 aromatic heterocycles. The fraction of sp³-hybridized carbons (Fsp3) is 0.762. The van der Waals surface area contributed by atoms with Gasteiger partial charge in [0.25, 0.3) is 0 Å². The van der Waals surface area contributed by atoms with E-state index in [4.69, 9.17) is 8.83 Å². The third kappa shape index (κ3) is 11.0. The Morgan fingerprint density at radius 1 is 0.625 bits per heavy atom. The van der Waals surface area contributed by atoms with Crippen LogP contribution in [0.4, 0.5) is 0 Å². The number of furan rings is 2. The van der Waals surface area contributed by atoms with Crippen molar-refractivity contribution >= 4 is 44.1 Å². The first-order valence-corrected chi connectivity index (χ1v) is 28.0. The van der Waals surface area contributed by atoms with Crippen LogP contribution in [-0.2, 0) is 6.42 Å². The Kier molecular flexibility index (Phi) is 19.1. The van der Waals surface area contributed by atoms with Gasteiger partial charge in [0, 0.05) is 0 Å². The van der Waals surface area contributed by atoms with Crippen molar-refractivity contribution in [2.24, 2.45) is 0 Å². The number of hydrogen-bond acceptors (Lipinski definition) is 4. The maximum absolute atomic E-state index is 14.9. The van der Waals surface area contributed by atoms with E-state index in [0.29, 0.717) is 21.9 Å². The minimum absolute atomic E-state index is 0.150. The number of hydrogen-bond donors (Lipinski definition) is 0. The monoisotopic (exact) mass is 773 g/mol. The molecule has 0 saturated carbocycles. The van der Waals surface area contributed by atoms with Gasteiger partial charge >= 0.3 is 285 Å². The van der Waals surface area contributed by atoms with Crippen molar-refractivity contribution in [3.05, 3.63) is 38.6 Å². The summed E-state index contributed by atoms with van der Waals surface area (Å²) in [7, 11) is 0. The average molecular weight is 773 g/mol. The van der Waals surface area contributed by atoms with Crippen LogP contribution in [0, 0.1) is 0 Å². The van der Waals surface area contributed by atoms with Gasteiger partial charge in [0.15, 0.2) is 0 Å². The second-order valence-electron chi connectivity index (χ2n) is 15.0. The van der Waals surface area contributed by atoms with Crippen molar-refractivity contribution in [1.29, 1.82) is 0 Å². The van der Waals surface area contributed by atoms with E-state index in [1.54, 1.807) is 16.9 Å². The van der Waals surface area contributed by atoms with Crippen molar-refractivity contribution in [2.75, 3.05) is 0 Å². The third-order valence-corrected chi connectivity index (χ3v) is 26.1. The minimum atomic E-state index is -3.11. The van der Waals surface area contributed by atoms with Gasteiger partial charge in [-0.3, -0.25) is 0 Å². The van der Waals surface area contributed by atoms with Crippen LogP contribution in [-0.4, -0.2) is 22.9 Å². The van der Waals surface area contributed by atoms with Crippen molar-refractivity contribution in [2.45, 2.75) is 202 Å². The molecular formula is C42H71NO4Sn. The Bertz CT molecular complexity index is 1430. The van der Waals surface area contributed by atoms with Crippen molar-refractivity contribution < 1.29 is 8.83 Å². The maximum atomic E-state index is 14.9. The summed E-state index contributed by atoms with van der Waals surface area (Å²) in [5.41, 5.74) is 1.80. The van der Waals surface area contributed by atoms with Crippen LogP contribution in [0.15, 0.2) is 30.8 Å². The first kappa shape index (κ1) is 40.9. The second kappa shape index (κ2) is 22.3. The number of unbranched alkanes of at least 4 members (excludes halogenated alkanes) is 15. The SMILES string of the molecule is CCCCCCCCCCCCc1[c]([Sn]([CH2]CCC)([CH2]CCC)[CH2]CCC)oc2c1c(=O)n(C(C)CCCCCC)c(=O)c1ccoc12. The molecule has 0 radical (unpaired) electrons. The summed E-state index contributed by atoms with van der Waals surface area (Å²) in [6.07, 6.45) is 27.9. The van der Waals surface area contributed by atoms with E-state index in [1.165, 1.54) is 126 Å². The second-order valence-corrected chi connectivity index (χ2v) is 27.9. The van der Waals surface area contributed by atoms with Gasteiger partial charge in [-0.15, -0.1) is 0 Å². The summed E-state index contributed by atoms with van der Waals surface area (Å²) in [6, 6.07) is 1.58. The number of rotatable bonds is 27. The zero-order chi connectivity index (χ0) is 34.8. The normalized spacial score (nSPS) is 12.9. The summed E-state index contributed by atoms with van der Waals surface area (Å²) >= 11 is -3.11. The van der Waals surface area contributed by atoms with Crippen LogP contribution >= 0.6 is 0 Å². The summed E-state index contributed by atoms with van der Waals surface area (Å²) in [5, 5.41) is 1.14. The predicted molar refractivity (Wildman–Crippen MR) is 210 cm³/mol. The van der Waals surface area contributed by atoms with Gasteiger partial charge in [0.2, 0.25) is 0 Å². The molecule has 5 nitrogen and oxygen atoms in total. The molecule has 0 aliphatic carbocycles. The molecule has 48 heavy (non-hydrogen) atoms. The van der Waals surface area contributed by atoms with Gasteiger partial charge in [-0.2, -0.15) is 0 Å². The molecule has 0 aliphatic rings. The number of fused-ring (bicyclic) bond motifs is 3. The topological polar surface area (TPSA) is 65.3 Å². The zero-order valence-corrected chi connectivity index (χ0v) is 34.8. The molecule has 0 bridgehead atoms. The quantitative estimate of drug-likeness (QED) is 0.0572. The number of aryl methyl sites for hydroxylation is 1. The predicted octanol–water partition coefficient (Wildman–Crippen LogP) is 12.8. The summed E-state index contributed by atoms with van der Waals surface area (Å²) in [5.74, 6) is 0. The summed E-state index contributed by atoms with van der Waals surface area (Å²) in [4.78, 5) is 28.9. The Hall–Kier alpha value is -1.50. The van der Waals surface area contributed by atoms with E-state index >= 15 is 0 Å². The molecule has 1 unspecified atom stereocenters. The molecule has 0 aromatic carbocycles. The van der Waals surface area contributed by atoms with Crippen LogP contribution in [0.2, 0.25) is 13.3 Å². The summed E-state index contributed by atoms with van der Waals surface area (Å²) in [6.45, 7) is 13.5. The van der Waals surface area contributed by atoms with E-state index in [1.807, 2.05) is 0 Å². The van der Waals surface area contributed by atoms with E-state index in [0.717, 1.165) is 37.7 Å². The van der Waals surface area contributed by atoms with Crippen molar-refractivity contribution in [1.82, 2.24) is 4.57 Å². The fourth-order valence-electron chi connectivity index (χ4n) is 7.96. The first-order chi connectivity index (χ1) is 23.4. The number of nitrogens with zero attached hydrogens (tertiary/aromatic N) is 1. The van der Waals surface area contributed by atoms with E-state index in [2.05, 4.69) is 41.5 Å². The van der Waals surface area contributed by atoms with Gasteiger partial charge in [-0.25, -0.2) is 0 Å². The molecule has 272 valence electrons. The Balaban J connectivity index is 2.16. The Labute approximate surface area is 296 Å². The molecular weight excluding hydrogens is 701 g/mol. The summed E-state index contributed by atoms with van der Waals surface area (Å²) < 4.78 is 19.9. The van der Waals surface area contributed by atoms with Crippen LogP contribution in [0.25, 0.3) is 21.9 Å². The van der Waals surface area contributed by atoms with Crippen LogP contribution in [0.5, 0.6) is 0 Å². The van der Waals surface area contributed by atoms with Gasteiger partial charge in [-0.05, 0) is 0 Å². The molecule has 0 N–H and O–H groups in total. The van der Waals surface area contributed by atoms with E-state index in [9.17, 15) is 9.59 Å². The zero-order valence-electron chi connectivity index (χ0n) is 32.0. The van der Waals surface area contributed by atoms with E-state index in [-0.39, 0.29) is 17.2 Å². The molecule has 6 heteroatoms. The Morgan fingerprint density at radius 3 is 1.67 bits per heavy atom. The molecule has 3 aromatic rings. The fourth-order valence-corrected chi connectivity index (χ4v) is 24.3. The molecule has 3 heterocycles. The van der Waals surface area contributed by atoms with Crippen LogP contribution in [0.1, 0.15) is 188 Å². The van der Waals surface area contributed by atoms with Gasteiger partial charge in [0.1, 0.15) is 0 Å². The molecule has 0 aliphatic heterocycles. The van der Waals surface area contributed by atoms with Crippen molar-refractivity contribution in [3.63, 3.8) is 0 Å². The molecule has 3 rings (SSSR count). The standard InChI is InChI=1S/C30H44NO4.3C4H9.Sn/c1-4-6-8-10-11-12-13-14-15-17-19-24-22-35-28-26(24)30(33)31(23(3)18-16-9-7-5-2)29(32)25-20-21-34-27(25)28;3*1-3-4-2;/h20-21,23H,4-19H2,1-3H3;3*1,3-4H2,2H3;. The van der Waals surface area contributed by atoms with Crippen LogP contribution < -0.4 is 14.9 Å². The molecule has 0 amide bonds. The van der Waals surface area contributed by atoms with Gasteiger partial charge in [-0.1, -0.05) is 13.3 Å². The first-order valence-electron chi connectivity index (χ1n) is 20.5. The Morgan fingerprint density at radius 2 is 1.12 bits per heavy atom. The van der Waals surface area contributed by atoms with Crippen molar-refractivity contribution in [3.8, 4) is 0 Å². The van der Waals surface area contributed by atoms with E-state index < -0.39 is 18.4 Å². The third-order valence-electron chi connectivity index (χ3n) is 11.0. The van der Waals surface area contributed by atoms with Crippen LogP contribution in [0.3, 0.4) is 0 Å². The van der Waals surface area contributed by atoms with Gasteiger partial charge < -0.3 is 0 Å².